The van der Waals surface area contributed by atoms with Crippen LogP contribution in [0.15, 0.2) is 61.2 Å². The van der Waals surface area contributed by atoms with Crippen LogP contribution < -0.4 is 0 Å². The van der Waals surface area contributed by atoms with Crippen molar-refractivity contribution in [3.05, 3.63) is 61.2 Å². The molecule has 0 atom stereocenters. The molecule has 0 unspecified atom stereocenters. The van der Waals surface area contributed by atoms with Crippen molar-refractivity contribution < 1.29 is 10.9 Å². The molecule has 0 N–H and O–H groups in total. The minimum atomic E-state index is 0.987. The van der Waals surface area contributed by atoms with E-state index in [9.17, 15) is 0 Å². The van der Waals surface area contributed by atoms with Gasteiger partial charge in [0.2, 0.25) is 0 Å². The van der Waals surface area contributed by atoms with E-state index in [0.717, 1.165) is 24.1 Å². The van der Waals surface area contributed by atoms with E-state index in [0.29, 0.717) is 0 Å². The molecule has 0 fully saturated rings. The van der Waals surface area contributed by atoms with Gasteiger partial charge in [-0.05, 0) is 38.1 Å². The van der Waals surface area contributed by atoms with Crippen LogP contribution in [0.1, 0.15) is 13.8 Å². The van der Waals surface area contributed by atoms with E-state index in [1.54, 1.807) is 0 Å². The number of para-hydroxylation sites is 4. The fraction of sp³-hybridized carbons (Fsp3) is 0.222. The maximum atomic E-state index is 4.25. The van der Waals surface area contributed by atoms with Crippen molar-refractivity contribution in [2.75, 3.05) is 0 Å². The number of nitrogens with zero attached hydrogens (tertiary/aromatic N) is 4. The van der Waals surface area contributed by atoms with Crippen LogP contribution in [-0.2, 0) is 24.0 Å². The van der Waals surface area contributed by atoms with Crippen LogP contribution in [0.3, 0.4) is 0 Å². The van der Waals surface area contributed by atoms with E-state index < -0.39 is 0 Å². The first-order chi connectivity index (χ1) is 12.2. The van der Waals surface area contributed by atoms with Crippen LogP contribution in [0.5, 0.6) is 0 Å². The van der Waals surface area contributed by atoms with Crippen molar-refractivity contribution in [3.8, 4) is 0 Å². The molecule has 4 rings (SSSR count). The SMILES string of the molecule is CCn1cnc2ccccc21.CCn1cnc2ccccc21.[Br][Ni][Br]. The number of fused-ring (bicyclic) bond motifs is 2. The molecule has 25 heavy (non-hydrogen) atoms. The number of benzene rings is 2. The Balaban J connectivity index is 0.000000156. The molecule has 136 valence electrons. The van der Waals surface area contributed by atoms with Gasteiger partial charge in [0.1, 0.15) is 0 Å². The third kappa shape index (κ3) is 5.40. The van der Waals surface area contributed by atoms with E-state index in [1.165, 1.54) is 21.9 Å². The number of imidazole rings is 2. The Morgan fingerprint density at radius 3 is 1.48 bits per heavy atom. The number of hydrogen-bond acceptors (Lipinski definition) is 2. The van der Waals surface area contributed by atoms with Gasteiger partial charge in [0.15, 0.2) is 0 Å². The van der Waals surface area contributed by atoms with Gasteiger partial charge in [-0.15, -0.1) is 0 Å². The molecule has 0 spiro atoms. The monoisotopic (exact) mass is 508 g/mol. The van der Waals surface area contributed by atoms with Gasteiger partial charge in [0.05, 0.1) is 34.7 Å². The summed E-state index contributed by atoms with van der Waals surface area (Å²) in [4.78, 5) is 8.50. The van der Waals surface area contributed by atoms with Crippen molar-refractivity contribution in [3.63, 3.8) is 0 Å². The van der Waals surface area contributed by atoms with Gasteiger partial charge in [-0.1, -0.05) is 24.3 Å². The summed E-state index contributed by atoms with van der Waals surface area (Å²) in [6, 6.07) is 16.3. The Labute approximate surface area is 168 Å². The standard InChI is InChI=1S/2C9H10N2.2BrH.Ni/c2*1-2-11-7-10-8-5-3-4-6-9(8)11;;;/h2*3-7H,2H2,1H3;2*1H;/q;;;;+2/p-2. The third-order valence-electron chi connectivity index (χ3n) is 3.74. The van der Waals surface area contributed by atoms with Gasteiger partial charge >= 0.3 is 39.3 Å². The summed E-state index contributed by atoms with van der Waals surface area (Å²) in [6.07, 6.45) is 3.76. The zero-order valence-electron chi connectivity index (χ0n) is 14.0. The Morgan fingerprint density at radius 1 is 0.760 bits per heavy atom. The molecule has 0 radical (unpaired) electrons. The van der Waals surface area contributed by atoms with Gasteiger partial charge in [0, 0.05) is 13.1 Å². The zero-order chi connectivity index (χ0) is 18.1. The fourth-order valence-corrected chi connectivity index (χ4v) is 2.52. The number of rotatable bonds is 2. The third-order valence-corrected chi connectivity index (χ3v) is 3.74. The first-order valence-corrected chi connectivity index (χ1v) is 12.7. The van der Waals surface area contributed by atoms with Gasteiger partial charge < -0.3 is 9.13 Å². The van der Waals surface area contributed by atoms with Crippen molar-refractivity contribution in [2.45, 2.75) is 26.9 Å². The van der Waals surface area contributed by atoms with Gasteiger partial charge in [0.25, 0.3) is 0 Å². The summed E-state index contributed by atoms with van der Waals surface area (Å²) in [5, 5.41) is 0. The van der Waals surface area contributed by atoms with Gasteiger partial charge in [-0.25, -0.2) is 9.97 Å². The molecule has 0 saturated carbocycles. The van der Waals surface area contributed by atoms with Crippen LogP contribution in [0, 0.1) is 0 Å². The number of aromatic nitrogens is 4. The van der Waals surface area contributed by atoms with Crippen molar-refractivity contribution in [1.29, 1.82) is 0 Å². The van der Waals surface area contributed by atoms with Crippen LogP contribution >= 0.6 is 28.5 Å². The first-order valence-electron chi connectivity index (χ1n) is 7.87. The van der Waals surface area contributed by atoms with Crippen molar-refractivity contribution >= 4 is 50.5 Å². The summed E-state index contributed by atoms with van der Waals surface area (Å²) >= 11 is 6.00. The Morgan fingerprint density at radius 2 is 1.12 bits per heavy atom. The first kappa shape index (κ1) is 20.1. The molecule has 2 heterocycles. The quantitative estimate of drug-likeness (QED) is 0.319. The molecule has 2 aromatic heterocycles. The summed E-state index contributed by atoms with van der Waals surface area (Å²) in [7, 11) is 1.25. The van der Waals surface area contributed by atoms with E-state index in [4.69, 9.17) is 0 Å². The predicted molar refractivity (Wildman–Crippen MR) is 109 cm³/mol. The minimum absolute atomic E-state index is 0.987. The molecule has 4 aromatic rings. The van der Waals surface area contributed by atoms with Crippen LogP contribution in [0.25, 0.3) is 22.1 Å². The molecule has 0 aliphatic carbocycles. The van der Waals surface area contributed by atoms with Gasteiger partial charge in [-0.2, -0.15) is 0 Å². The molecule has 0 aliphatic heterocycles. The summed E-state index contributed by atoms with van der Waals surface area (Å²) in [5.74, 6) is 0. The Hall–Kier alpha value is -1.17. The molecule has 0 amide bonds. The molecule has 7 heteroatoms. The summed E-state index contributed by atoms with van der Waals surface area (Å²) in [5.41, 5.74) is 4.59. The second-order valence-electron chi connectivity index (χ2n) is 5.08. The molecule has 0 aliphatic rings. The van der Waals surface area contributed by atoms with Crippen LogP contribution in [0.2, 0.25) is 0 Å². The molecular weight excluding hydrogens is 491 g/mol. The maximum absolute atomic E-state index is 4.25. The van der Waals surface area contributed by atoms with E-state index in [-0.39, 0.29) is 0 Å². The van der Waals surface area contributed by atoms with Crippen LogP contribution in [0.4, 0.5) is 0 Å². The van der Waals surface area contributed by atoms with Crippen molar-refractivity contribution in [1.82, 2.24) is 19.1 Å². The topological polar surface area (TPSA) is 35.6 Å². The number of aryl methyl sites for hydroxylation is 2. The second-order valence-corrected chi connectivity index (χ2v) is 10.1. The fourth-order valence-electron chi connectivity index (χ4n) is 2.52. The van der Waals surface area contributed by atoms with Crippen LogP contribution in [-0.4, -0.2) is 19.1 Å². The van der Waals surface area contributed by atoms with Gasteiger partial charge in [-0.3, -0.25) is 0 Å². The molecule has 0 saturated heterocycles. The predicted octanol–water partition coefficient (Wildman–Crippen LogP) is 5.80. The summed E-state index contributed by atoms with van der Waals surface area (Å²) < 4.78 is 4.27. The zero-order valence-corrected chi connectivity index (χ0v) is 18.2. The molecule has 2 aromatic carbocycles. The molecule has 4 nitrogen and oxygen atoms in total. The number of hydrogen-bond donors (Lipinski definition) is 0. The normalized spacial score (nSPS) is 10.2. The average Bonchev–Trinajstić information content (AvgIpc) is 3.26. The summed E-state index contributed by atoms with van der Waals surface area (Å²) in [6.45, 7) is 6.21. The number of halogens is 2. The Bertz CT molecular complexity index is 830. The van der Waals surface area contributed by atoms with E-state index in [1.807, 2.05) is 49.1 Å². The average molecular weight is 511 g/mol. The van der Waals surface area contributed by atoms with Crippen molar-refractivity contribution in [2.24, 2.45) is 0 Å². The second kappa shape index (κ2) is 10.7. The molecule has 0 bridgehead atoms. The van der Waals surface area contributed by atoms with E-state index >= 15 is 0 Å². The Kier molecular flexibility index (Phi) is 8.66. The molecular formula is C18H20Br2N4Ni. The van der Waals surface area contributed by atoms with E-state index in [2.05, 4.69) is 73.5 Å².